The Bertz CT molecular complexity index is 1460. The van der Waals surface area contributed by atoms with Crippen molar-refractivity contribution in [3.8, 4) is 0 Å². The number of rotatable bonds is 10. The van der Waals surface area contributed by atoms with Crippen molar-refractivity contribution in [3.05, 3.63) is 35.4 Å². The first-order valence-electron chi connectivity index (χ1n) is 17.9. The average Bonchev–Trinajstić information content (AvgIpc) is 3.76. The normalized spacial score (nSPS) is 35.4. The quantitative estimate of drug-likeness (QED) is 0.333. The second-order valence-electron chi connectivity index (χ2n) is 16.9. The van der Waals surface area contributed by atoms with Gasteiger partial charge in [-0.05, 0) is 116 Å². The van der Waals surface area contributed by atoms with E-state index in [1.807, 2.05) is 12.1 Å². The van der Waals surface area contributed by atoms with E-state index in [1.165, 1.54) is 30.4 Å². The van der Waals surface area contributed by atoms with Crippen LogP contribution in [0.15, 0.2) is 24.3 Å². The molecule has 5 unspecified atom stereocenters. The summed E-state index contributed by atoms with van der Waals surface area (Å²) in [7, 11) is 0. The molecule has 10 nitrogen and oxygen atoms in total. The van der Waals surface area contributed by atoms with Crippen LogP contribution in [0.25, 0.3) is 0 Å². The van der Waals surface area contributed by atoms with Gasteiger partial charge in [-0.3, -0.25) is 19.2 Å². The van der Waals surface area contributed by atoms with E-state index in [-0.39, 0.29) is 35.0 Å². The molecule has 0 spiro atoms. The molecule has 8 aliphatic rings. The molecule has 4 N–H and O–H groups in total. The predicted molar refractivity (Wildman–Crippen MR) is 171 cm³/mol. The molecule has 252 valence electrons. The Labute approximate surface area is 276 Å². The lowest BCUT2D eigenvalue weighted by Crippen LogP contribution is -2.60. The Morgan fingerprint density at radius 2 is 1.53 bits per heavy atom. The molecule has 1 aliphatic heterocycles. The van der Waals surface area contributed by atoms with E-state index < -0.39 is 47.4 Å². The summed E-state index contributed by atoms with van der Waals surface area (Å²) in [5.41, 5.74) is 7.09. The SMILES string of the molecule is CC1(C)C2CN(C(=O)C(NC(=O)OC34CC5CC(CC(C5)C3)C4)C3Cc4ccccc4C3)C(C(=O)NC(CC3CC3)C(=O)C(N)=O)C21. The molecular weight excluding hydrogens is 596 g/mol. The molecule has 1 aromatic rings. The molecule has 10 heteroatoms. The van der Waals surface area contributed by atoms with Gasteiger partial charge in [-0.15, -0.1) is 0 Å². The van der Waals surface area contributed by atoms with Gasteiger partial charge in [-0.2, -0.15) is 0 Å². The van der Waals surface area contributed by atoms with Crippen molar-refractivity contribution < 1.29 is 28.7 Å². The van der Waals surface area contributed by atoms with Crippen LogP contribution >= 0.6 is 0 Å². The second kappa shape index (κ2) is 11.1. The van der Waals surface area contributed by atoms with E-state index in [9.17, 15) is 24.0 Å². The number of hydrogen-bond donors (Lipinski definition) is 3. The minimum absolute atomic E-state index is 0.0860. The fourth-order valence-corrected chi connectivity index (χ4v) is 11.1. The topological polar surface area (TPSA) is 148 Å². The van der Waals surface area contributed by atoms with Gasteiger partial charge in [-0.25, -0.2) is 4.79 Å². The minimum atomic E-state index is -1.07. The maximum Gasteiger partial charge on any atom is 0.408 e. The molecule has 0 aromatic heterocycles. The number of nitrogens with one attached hydrogen (secondary N) is 2. The van der Waals surface area contributed by atoms with E-state index in [2.05, 4.69) is 36.6 Å². The summed E-state index contributed by atoms with van der Waals surface area (Å²) in [6, 6.07) is 5.46. The molecule has 1 aromatic carbocycles. The van der Waals surface area contributed by atoms with E-state index in [0.717, 1.165) is 32.1 Å². The van der Waals surface area contributed by atoms with Gasteiger partial charge in [0.15, 0.2) is 0 Å². The largest absolute Gasteiger partial charge is 0.443 e. The van der Waals surface area contributed by atoms with Gasteiger partial charge in [-0.1, -0.05) is 51.0 Å². The summed E-state index contributed by atoms with van der Waals surface area (Å²) in [5, 5.41) is 5.91. The number of nitrogens with zero attached hydrogens (tertiary/aromatic N) is 1. The van der Waals surface area contributed by atoms with Crippen LogP contribution in [0.5, 0.6) is 0 Å². The standard InChI is InChI=1S/C37H48N4O6/c1-36(2)26-18-41(30(28(26)36)33(44)39-27(12-19-7-8-19)31(42)32(38)43)34(45)29(25-13-23-5-3-4-6-24(23)14-25)40-35(46)47-37-15-20-9-21(16-37)11-22(10-20)17-37/h3-6,19-22,25-30H,7-18H2,1-2H3,(H2,38,43)(H,39,44)(H,40,46). The lowest BCUT2D eigenvalue weighted by Gasteiger charge is -2.55. The molecule has 7 fully saturated rings. The molecule has 4 bridgehead atoms. The van der Waals surface area contributed by atoms with Crippen molar-refractivity contribution in [2.45, 2.75) is 108 Å². The first-order chi connectivity index (χ1) is 22.4. The number of primary amides is 1. The van der Waals surface area contributed by atoms with Crippen LogP contribution in [0.3, 0.4) is 0 Å². The van der Waals surface area contributed by atoms with Crippen LogP contribution in [0, 0.1) is 46.8 Å². The molecule has 0 radical (unpaired) electrons. The highest BCUT2D eigenvalue weighted by Crippen LogP contribution is 2.65. The Hall–Kier alpha value is -3.43. The average molecular weight is 645 g/mol. The van der Waals surface area contributed by atoms with Crippen molar-refractivity contribution in [2.75, 3.05) is 6.54 Å². The van der Waals surface area contributed by atoms with Crippen LogP contribution in [0.4, 0.5) is 4.79 Å². The van der Waals surface area contributed by atoms with Gasteiger partial charge in [0.1, 0.15) is 17.7 Å². The number of fused-ring (bicyclic) bond motifs is 2. The molecule has 4 amide bonds. The summed E-state index contributed by atoms with van der Waals surface area (Å²) in [6.45, 7) is 4.60. The number of likely N-dealkylation sites (tertiary alicyclic amines) is 1. The number of ketones is 1. The number of benzene rings is 1. The van der Waals surface area contributed by atoms with Crippen LogP contribution in [0.2, 0.25) is 0 Å². The molecule has 47 heavy (non-hydrogen) atoms. The van der Waals surface area contributed by atoms with Crippen molar-refractivity contribution >= 4 is 29.6 Å². The zero-order valence-electron chi connectivity index (χ0n) is 27.5. The first kappa shape index (κ1) is 30.9. The number of piperidine rings is 1. The van der Waals surface area contributed by atoms with E-state index in [1.54, 1.807) is 4.90 Å². The van der Waals surface area contributed by atoms with Gasteiger partial charge >= 0.3 is 6.09 Å². The fraction of sp³-hybridized carbons (Fsp3) is 0.703. The zero-order valence-corrected chi connectivity index (χ0v) is 27.5. The molecular formula is C37H48N4O6. The van der Waals surface area contributed by atoms with Gasteiger partial charge in [0.2, 0.25) is 17.6 Å². The maximum absolute atomic E-state index is 14.7. The molecule has 5 atom stereocenters. The zero-order chi connectivity index (χ0) is 32.8. The summed E-state index contributed by atoms with van der Waals surface area (Å²) in [6.07, 6.45) is 9.40. The number of carbonyl (C=O) groups excluding carboxylic acids is 5. The molecule has 6 saturated carbocycles. The van der Waals surface area contributed by atoms with Gasteiger partial charge in [0.05, 0.1) is 6.04 Å². The number of hydrogen-bond acceptors (Lipinski definition) is 6. The van der Waals surface area contributed by atoms with Crippen molar-refractivity contribution in [2.24, 2.45) is 52.6 Å². The lowest BCUT2D eigenvalue weighted by atomic mass is 9.54. The first-order valence-corrected chi connectivity index (χ1v) is 17.9. The van der Waals surface area contributed by atoms with Crippen LogP contribution in [0.1, 0.15) is 82.8 Å². The summed E-state index contributed by atoms with van der Waals surface area (Å²) in [5.74, 6) is -0.627. The Morgan fingerprint density at radius 1 is 0.936 bits per heavy atom. The van der Waals surface area contributed by atoms with Crippen LogP contribution in [-0.2, 0) is 36.8 Å². The van der Waals surface area contributed by atoms with E-state index >= 15 is 0 Å². The Kier molecular flexibility index (Phi) is 7.26. The second-order valence-corrected chi connectivity index (χ2v) is 16.9. The molecule has 9 rings (SSSR count). The minimum Gasteiger partial charge on any atom is -0.443 e. The highest BCUT2D eigenvalue weighted by Gasteiger charge is 2.70. The van der Waals surface area contributed by atoms with Crippen LogP contribution < -0.4 is 16.4 Å². The molecule has 7 aliphatic carbocycles. The maximum atomic E-state index is 14.7. The summed E-state index contributed by atoms with van der Waals surface area (Å²) < 4.78 is 6.33. The van der Waals surface area contributed by atoms with Gasteiger partial charge in [0, 0.05) is 6.54 Å². The number of Topliss-reactive ketones (excluding diaryl/α,β-unsaturated/α-hetero) is 1. The number of ether oxygens (including phenoxy) is 1. The Balaban J connectivity index is 1.04. The lowest BCUT2D eigenvalue weighted by molar-refractivity contribution is -0.145. The summed E-state index contributed by atoms with van der Waals surface area (Å²) >= 11 is 0. The van der Waals surface area contributed by atoms with Gasteiger partial charge < -0.3 is 26.0 Å². The smallest absolute Gasteiger partial charge is 0.408 e. The number of nitrogens with two attached hydrogens (primary N) is 1. The number of carbonyl (C=O) groups is 5. The number of alkyl carbamates (subject to hydrolysis) is 1. The molecule has 1 saturated heterocycles. The molecule has 1 heterocycles. The fourth-order valence-electron chi connectivity index (χ4n) is 11.1. The Morgan fingerprint density at radius 3 is 2.09 bits per heavy atom. The third-order valence-corrected chi connectivity index (χ3v) is 13.3. The van der Waals surface area contributed by atoms with Crippen LogP contribution in [-0.4, -0.2) is 64.8 Å². The third kappa shape index (κ3) is 5.53. The third-order valence-electron chi connectivity index (χ3n) is 13.3. The van der Waals surface area contributed by atoms with E-state index in [4.69, 9.17) is 10.5 Å². The van der Waals surface area contributed by atoms with Crippen molar-refractivity contribution in [1.29, 1.82) is 0 Å². The van der Waals surface area contributed by atoms with Crippen molar-refractivity contribution in [3.63, 3.8) is 0 Å². The van der Waals surface area contributed by atoms with Crippen molar-refractivity contribution in [1.82, 2.24) is 15.5 Å². The highest BCUT2D eigenvalue weighted by molar-refractivity contribution is 6.37. The van der Waals surface area contributed by atoms with E-state index in [0.29, 0.717) is 43.6 Å². The van der Waals surface area contributed by atoms with Gasteiger partial charge in [0.25, 0.3) is 5.91 Å². The number of amides is 4. The highest BCUT2D eigenvalue weighted by atomic mass is 16.6. The summed E-state index contributed by atoms with van der Waals surface area (Å²) in [4.78, 5) is 68.8. The monoisotopic (exact) mass is 644 g/mol. The predicted octanol–water partition coefficient (Wildman–Crippen LogP) is 3.29.